The van der Waals surface area contributed by atoms with Crippen LogP contribution in [0.5, 0.6) is 0 Å². The van der Waals surface area contributed by atoms with Crippen molar-refractivity contribution in [2.75, 3.05) is 17.3 Å². The number of hydrogen-bond acceptors (Lipinski definition) is 4. The van der Waals surface area contributed by atoms with Gasteiger partial charge in [0.25, 0.3) is 0 Å². The van der Waals surface area contributed by atoms with E-state index in [4.69, 9.17) is 5.73 Å². The van der Waals surface area contributed by atoms with Crippen LogP contribution in [-0.2, 0) is 0 Å². The van der Waals surface area contributed by atoms with Crippen LogP contribution in [0.2, 0.25) is 0 Å². The molecule has 0 spiro atoms. The molecule has 1 aromatic heterocycles. The Bertz CT molecular complexity index is 492. The predicted molar refractivity (Wildman–Crippen MR) is 81.7 cm³/mol. The maximum atomic E-state index is 5.63. The summed E-state index contributed by atoms with van der Waals surface area (Å²) in [5.41, 5.74) is 7.15. The Balaban J connectivity index is 1.65. The van der Waals surface area contributed by atoms with E-state index in [1.807, 2.05) is 18.3 Å². The van der Waals surface area contributed by atoms with E-state index in [-0.39, 0.29) is 0 Å². The molecule has 0 amide bonds. The molecule has 1 aromatic rings. The van der Waals surface area contributed by atoms with Gasteiger partial charge in [-0.05, 0) is 36.8 Å². The molecule has 0 aromatic carbocycles. The summed E-state index contributed by atoms with van der Waals surface area (Å²) >= 11 is 0. The zero-order chi connectivity index (χ0) is 14.2. The summed E-state index contributed by atoms with van der Waals surface area (Å²) in [5.74, 6) is 0.558. The van der Waals surface area contributed by atoms with Gasteiger partial charge in [-0.2, -0.15) is 0 Å². The van der Waals surface area contributed by atoms with Crippen LogP contribution in [0.4, 0.5) is 11.5 Å². The Morgan fingerprint density at radius 3 is 2.95 bits per heavy atom. The van der Waals surface area contributed by atoms with Crippen molar-refractivity contribution >= 4 is 11.5 Å². The Labute approximate surface area is 121 Å². The molecular weight excluding hydrogens is 248 g/mol. The molecular formula is C16H23N4. The number of nitrogen functional groups attached to an aromatic ring is 1. The van der Waals surface area contributed by atoms with Crippen molar-refractivity contribution in [2.45, 2.75) is 45.6 Å². The average Bonchev–Trinajstić information content (AvgIpc) is 2.88. The second-order valence-electron chi connectivity index (χ2n) is 6.70. The van der Waals surface area contributed by atoms with Gasteiger partial charge in [0.15, 0.2) is 0 Å². The second-order valence-corrected chi connectivity index (χ2v) is 6.70. The second kappa shape index (κ2) is 5.00. The van der Waals surface area contributed by atoms with Crippen molar-refractivity contribution in [1.29, 1.82) is 0 Å². The highest BCUT2D eigenvalue weighted by atomic mass is 15.4. The number of pyridine rings is 1. The lowest BCUT2D eigenvalue weighted by Crippen LogP contribution is -2.39. The summed E-state index contributed by atoms with van der Waals surface area (Å²) in [7, 11) is 0. The van der Waals surface area contributed by atoms with Crippen LogP contribution in [0.15, 0.2) is 24.5 Å². The van der Waals surface area contributed by atoms with E-state index in [1.165, 1.54) is 25.7 Å². The monoisotopic (exact) mass is 271 g/mol. The number of nitrogens with zero attached hydrogens (tertiary/aromatic N) is 3. The maximum Gasteiger partial charge on any atom is 0.123 e. The van der Waals surface area contributed by atoms with Crippen LogP contribution in [0.1, 0.15) is 39.5 Å². The zero-order valence-corrected chi connectivity index (χ0v) is 12.3. The number of nitrogens with two attached hydrogens (primary N) is 1. The standard InChI is InChI=1S/C16H23N4/c1-16(2)7-3-4-13(10-16)19-8-9-20(12-19)14-5-6-15(17)18-11-14/h5-6,8,11,13H,3-4,7,10,12H2,1-2H3,(H2,17,18). The van der Waals surface area contributed by atoms with Crippen LogP contribution in [0, 0.1) is 11.6 Å². The fraction of sp³-hybridized carbons (Fsp3) is 0.562. The third-order valence-corrected chi connectivity index (χ3v) is 4.41. The quantitative estimate of drug-likeness (QED) is 0.898. The molecule has 2 aliphatic rings. The van der Waals surface area contributed by atoms with E-state index in [0.717, 1.165) is 12.4 Å². The Kier molecular flexibility index (Phi) is 3.32. The van der Waals surface area contributed by atoms with Crippen LogP contribution < -0.4 is 10.6 Å². The third kappa shape index (κ3) is 2.74. The Morgan fingerprint density at radius 2 is 2.25 bits per heavy atom. The van der Waals surface area contributed by atoms with Crippen molar-refractivity contribution < 1.29 is 0 Å². The first-order valence-electron chi connectivity index (χ1n) is 7.38. The van der Waals surface area contributed by atoms with Crippen molar-refractivity contribution in [3.05, 3.63) is 30.7 Å². The summed E-state index contributed by atoms with van der Waals surface area (Å²) < 4.78 is 0. The van der Waals surface area contributed by atoms with Gasteiger partial charge in [-0.25, -0.2) is 4.98 Å². The SMILES string of the molecule is CC1(C)CCCC(N2C=[C]N(c3ccc(N)nc3)C2)C1. The maximum absolute atomic E-state index is 5.63. The zero-order valence-electron chi connectivity index (χ0n) is 12.3. The van der Waals surface area contributed by atoms with Crippen LogP contribution in [0.25, 0.3) is 0 Å². The smallest absolute Gasteiger partial charge is 0.123 e. The minimum atomic E-state index is 0.465. The molecule has 2 heterocycles. The van der Waals surface area contributed by atoms with Gasteiger partial charge in [-0.15, -0.1) is 0 Å². The molecule has 1 saturated carbocycles. The first kappa shape index (κ1) is 13.3. The Hall–Kier alpha value is -1.71. The van der Waals surface area contributed by atoms with E-state index in [9.17, 15) is 0 Å². The molecule has 3 rings (SSSR count). The van der Waals surface area contributed by atoms with Gasteiger partial charge < -0.3 is 15.5 Å². The van der Waals surface area contributed by atoms with Gasteiger partial charge >= 0.3 is 0 Å². The van der Waals surface area contributed by atoms with E-state index >= 15 is 0 Å². The molecule has 2 N–H and O–H groups in total. The third-order valence-electron chi connectivity index (χ3n) is 4.41. The number of rotatable bonds is 2. The van der Waals surface area contributed by atoms with E-state index in [1.54, 1.807) is 0 Å². The van der Waals surface area contributed by atoms with Crippen LogP contribution in [-0.4, -0.2) is 22.6 Å². The van der Waals surface area contributed by atoms with Crippen molar-refractivity contribution in [3.8, 4) is 0 Å². The lowest BCUT2D eigenvalue weighted by atomic mass is 9.75. The van der Waals surface area contributed by atoms with Gasteiger partial charge in [0.05, 0.1) is 24.8 Å². The molecule has 1 aliphatic carbocycles. The summed E-state index contributed by atoms with van der Waals surface area (Å²) in [5, 5.41) is 0. The largest absolute Gasteiger partial charge is 0.384 e. The van der Waals surface area contributed by atoms with E-state index in [0.29, 0.717) is 17.3 Å². The first-order valence-corrected chi connectivity index (χ1v) is 7.38. The fourth-order valence-corrected chi connectivity index (χ4v) is 3.26. The molecule has 1 atom stereocenters. The summed E-state index contributed by atoms with van der Waals surface area (Å²) in [6, 6.07) is 4.47. The first-order chi connectivity index (χ1) is 9.53. The molecule has 1 unspecified atom stereocenters. The van der Waals surface area contributed by atoms with Crippen molar-refractivity contribution in [2.24, 2.45) is 5.41 Å². The highest BCUT2D eigenvalue weighted by Crippen LogP contribution is 2.38. The molecule has 107 valence electrons. The number of hydrogen-bond donors (Lipinski definition) is 1. The average molecular weight is 271 g/mol. The van der Waals surface area contributed by atoms with Crippen LogP contribution >= 0.6 is 0 Å². The Morgan fingerprint density at radius 1 is 1.40 bits per heavy atom. The highest BCUT2D eigenvalue weighted by Gasteiger charge is 2.32. The van der Waals surface area contributed by atoms with Crippen LogP contribution in [0.3, 0.4) is 0 Å². The molecule has 0 bridgehead atoms. The van der Waals surface area contributed by atoms with Gasteiger partial charge in [-0.3, -0.25) is 0 Å². The van der Waals surface area contributed by atoms with Crippen molar-refractivity contribution in [3.63, 3.8) is 0 Å². The molecule has 4 heteroatoms. The highest BCUT2D eigenvalue weighted by molar-refractivity contribution is 5.49. The van der Waals surface area contributed by atoms with Gasteiger partial charge in [-0.1, -0.05) is 20.3 Å². The molecule has 0 saturated heterocycles. The minimum absolute atomic E-state index is 0.465. The predicted octanol–water partition coefficient (Wildman–Crippen LogP) is 2.99. The fourth-order valence-electron chi connectivity index (χ4n) is 3.26. The molecule has 1 radical (unpaired) electrons. The molecule has 4 nitrogen and oxygen atoms in total. The van der Waals surface area contributed by atoms with E-state index in [2.05, 4.69) is 41.0 Å². The normalized spacial score (nSPS) is 25.2. The number of aromatic nitrogens is 1. The lowest BCUT2D eigenvalue weighted by Gasteiger charge is -2.40. The van der Waals surface area contributed by atoms with Crippen molar-refractivity contribution in [1.82, 2.24) is 9.88 Å². The lowest BCUT2D eigenvalue weighted by molar-refractivity contribution is 0.135. The molecule has 1 aliphatic heterocycles. The van der Waals surface area contributed by atoms with E-state index < -0.39 is 0 Å². The minimum Gasteiger partial charge on any atom is -0.384 e. The molecule has 1 fully saturated rings. The van der Waals surface area contributed by atoms with Gasteiger partial charge in [0.2, 0.25) is 0 Å². The number of anilines is 2. The summed E-state index contributed by atoms with van der Waals surface area (Å²) in [4.78, 5) is 8.67. The summed E-state index contributed by atoms with van der Waals surface area (Å²) in [6.07, 6.45) is 12.4. The summed E-state index contributed by atoms with van der Waals surface area (Å²) in [6.45, 7) is 5.63. The van der Waals surface area contributed by atoms with Gasteiger partial charge in [0.1, 0.15) is 5.82 Å². The molecule has 20 heavy (non-hydrogen) atoms. The van der Waals surface area contributed by atoms with Gasteiger partial charge in [0, 0.05) is 12.2 Å². The topological polar surface area (TPSA) is 45.4 Å².